The average Bonchev–Trinajstić information content (AvgIpc) is 3.51. The summed E-state index contributed by atoms with van der Waals surface area (Å²) in [7, 11) is 0. The van der Waals surface area contributed by atoms with Crippen molar-refractivity contribution in [2.75, 3.05) is 5.32 Å². The van der Waals surface area contributed by atoms with Gasteiger partial charge in [0.1, 0.15) is 33.4 Å². The van der Waals surface area contributed by atoms with Gasteiger partial charge in [-0.1, -0.05) is 11.3 Å². The van der Waals surface area contributed by atoms with Crippen LogP contribution < -0.4 is 15.4 Å². The Bertz CT molecular complexity index is 1390. The van der Waals surface area contributed by atoms with Gasteiger partial charge in [0.15, 0.2) is 0 Å². The number of amides is 2. The number of thiazole rings is 1. The molecule has 1 atom stereocenters. The number of benzene rings is 1. The van der Waals surface area contributed by atoms with Crippen LogP contribution in [0.15, 0.2) is 36.0 Å². The van der Waals surface area contributed by atoms with E-state index >= 15 is 0 Å². The van der Waals surface area contributed by atoms with Gasteiger partial charge in [0.05, 0.1) is 19.2 Å². The summed E-state index contributed by atoms with van der Waals surface area (Å²) in [5.74, 6) is -2.36. The van der Waals surface area contributed by atoms with E-state index in [1.54, 1.807) is 11.6 Å². The topological polar surface area (TPSA) is 127 Å². The van der Waals surface area contributed by atoms with Gasteiger partial charge in [-0.3, -0.25) is 19.4 Å². The predicted octanol–water partition coefficient (Wildman–Crippen LogP) is 4.24. The first-order valence-corrected chi connectivity index (χ1v) is 13.0. The van der Waals surface area contributed by atoms with Crippen LogP contribution in [0.3, 0.4) is 0 Å². The van der Waals surface area contributed by atoms with Gasteiger partial charge in [-0.05, 0) is 24.6 Å². The minimum Gasteiger partial charge on any atom is -0.406 e. The fourth-order valence-corrected chi connectivity index (χ4v) is 4.68. The lowest BCUT2D eigenvalue weighted by Crippen LogP contribution is -2.30. The van der Waals surface area contributed by atoms with E-state index in [1.165, 1.54) is 22.2 Å². The Morgan fingerprint density at radius 2 is 2.00 bits per heavy atom. The molecule has 17 heteroatoms. The maximum absolute atomic E-state index is 14.4. The highest BCUT2D eigenvalue weighted by molar-refractivity contribution is 7.15. The zero-order valence-corrected chi connectivity index (χ0v) is 21.4. The first-order valence-electron chi connectivity index (χ1n) is 11.3. The fraction of sp³-hybridized carbons (Fsp3) is 0.318. The number of hydrogen-bond acceptors (Lipinski definition) is 8. The number of nitrogens with zero attached hydrogens (tertiary/aromatic N) is 4. The molecule has 1 unspecified atom stereocenters. The van der Waals surface area contributed by atoms with Crippen molar-refractivity contribution in [3.8, 4) is 5.75 Å². The molecule has 0 radical (unpaired) electrons. The summed E-state index contributed by atoms with van der Waals surface area (Å²) in [5.41, 5.74) is -0.128. The van der Waals surface area contributed by atoms with Crippen molar-refractivity contribution in [3.05, 3.63) is 63.1 Å². The van der Waals surface area contributed by atoms with Gasteiger partial charge in [0.25, 0.3) is 5.91 Å². The van der Waals surface area contributed by atoms with Crippen LogP contribution in [-0.4, -0.2) is 49.3 Å². The molecule has 3 N–H and O–H groups in total. The molecule has 0 saturated heterocycles. The van der Waals surface area contributed by atoms with E-state index in [0.29, 0.717) is 15.1 Å². The fourth-order valence-electron chi connectivity index (χ4n) is 3.30. The highest BCUT2D eigenvalue weighted by atomic mass is 32.1. The van der Waals surface area contributed by atoms with E-state index in [1.807, 2.05) is 0 Å². The molecular weight excluding hydrogens is 569 g/mol. The molecule has 0 bridgehead atoms. The van der Waals surface area contributed by atoms with Crippen molar-refractivity contribution in [1.29, 1.82) is 0 Å². The van der Waals surface area contributed by atoms with E-state index in [9.17, 15) is 31.5 Å². The molecule has 0 aliphatic carbocycles. The molecule has 3 heterocycles. The number of anilines is 1. The number of ether oxygens (including phenoxy) is 1. The molecule has 0 fully saturated rings. The van der Waals surface area contributed by atoms with Gasteiger partial charge in [-0.25, -0.2) is 13.8 Å². The maximum Gasteiger partial charge on any atom is 0.573 e. The molecule has 0 aliphatic heterocycles. The molecule has 4 aromatic rings. The summed E-state index contributed by atoms with van der Waals surface area (Å²) < 4.78 is 70.5. The zero-order chi connectivity index (χ0) is 28.0. The van der Waals surface area contributed by atoms with E-state index < -0.39 is 30.0 Å². The molecule has 2 amide bonds. The number of hydrogen-bond donors (Lipinski definition) is 3. The molecule has 39 heavy (non-hydrogen) atoms. The molecule has 1 aromatic carbocycles. The quantitative estimate of drug-likeness (QED) is 0.212. The molecule has 10 nitrogen and oxygen atoms in total. The van der Waals surface area contributed by atoms with Crippen LogP contribution in [0.4, 0.5) is 27.1 Å². The summed E-state index contributed by atoms with van der Waals surface area (Å²) >= 11 is 2.51. The minimum atomic E-state index is -4.93. The maximum atomic E-state index is 14.4. The highest BCUT2D eigenvalue weighted by Gasteiger charge is 2.31. The Balaban J connectivity index is 1.18. The Kier molecular flexibility index (Phi) is 8.90. The van der Waals surface area contributed by atoms with Crippen molar-refractivity contribution in [2.45, 2.75) is 44.9 Å². The van der Waals surface area contributed by atoms with Crippen LogP contribution in [0, 0.1) is 5.82 Å². The number of aryl methyl sites for hydroxylation is 1. The summed E-state index contributed by atoms with van der Waals surface area (Å²) in [6.45, 7) is -0.460. The normalized spacial score (nSPS) is 12.3. The lowest BCUT2D eigenvalue weighted by Gasteiger charge is -2.17. The summed E-state index contributed by atoms with van der Waals surface area (Å²) in [6.07, 6.45) is -2.73. The third-order valence-corrected chi connectivity index (χ3v) is 6.74. The number of carbonyl (C=O) groups is 2. The second-order valence-electron chi connectivity index (χ2n) is 8.08. The van der Waals surface area contributed by atoms with Crippen molar-refractivity contribution >= 4 is 39.6 Å². The van der Waals surface area contributed by atoms with E-state index in [2.05, 4.69) is 35.7 Å². The number of carbonyl (C=O) groups excluding carboxylic acids is 2. The number of rotatable bonds is 12. The molecule has 0 saturated carbocycles. The molecule has 0 aliphatic rings. The van der Waals surface area contributed by atoms with Crippen LogP contribution in [-0.2, 0) is 30.7 Å². The monoisotopic (exact) mass is 589 g/mol. The summed E-state index contributed by atoms with van der Waals surface area (Å²) in [4.78, 5) is 28.2. The number of alkyl halides is 4. The SMILES string of the molecule is O=C(Cc1nccs1)Nc1nnc(CCC(F)Cn2cc(C(=O)NCc3cc(OC(F)(F)F)ccc3F)[nH]2)s1. The second-order valence-corrected chi connectivity index (χ2v) is 10.1. The van der Waals surface area contributed by atoms with Crippen LogP contribution in [0.25, 0.3) is 0 Å². The van der Waals surface area contributed by atoms with Crippen LogP contribution >= 0.6 is 22.7 Å². The van der Waals surface area contributed by atoms with E-state index in [4.69, 9.17) is 0 Å². The first-order chi connectivity index (χ1) is 18.5. The number of nitrogens with one attached hydrogen (secondary N) is 3. The number of halogens is 5. The number of H-pyrrole nitrogens is 1. The Hall–Kier alpha value is -3.86. The molecule has 208 valence electrons. The van der Waals surface area contributed by atoms with Crippen molar-refractivity contribution in [2.24, 2.45) is 0 Å². The Morgan fingerprint density at radius 3 is 2.72 bits per heavy atom. The largest absolute Gasteiger partial charge is 0.573 e. The molecule has 3 aromatic heterocycles. The smallest absolute Gasteiger partial charge is 0.406 e. The zero-order valence-electron chi connectivity index (χ0n) is 19.8. The van der Waals surface area contributed by atoms with Gasteiger partial charge in [-0.2, -0.15) is 0 Å². The van der Waals surface area contributed by atoms with Crippen molar-refractivity contribution in [3.63, 3.8) is 0 Å². The minimum absolute atomic E-state index is 0.0710. The highest BCUT2D eigenvalue weighted by Crippen LogP contribution is 2.25. The number of aromatic nitrogens is 5. The second kappa shape index (κ2) is 12.3. The van der Waals surface area contributed by atoms with E-state index in [-0.39, 0.29) is 49.5 Å². The van der Waals surface area contributed by atoms with Crippen LogP contribution in [0.1, 0.15) is 32.5 Å². The standard InChI is InChI=1S/C22H20F5N7O3S2/c23-13(1-4-18-31-32-21(39-18)30-17(35)8-19-28-5-6-38-19)10-34-11-16(33-34)20(36)29-9-12-7-14(2-3-15(12)24)37-22(25,26)27/h2-3,5-7,11,13,33H,1,4,8-10H2,(H,29,36)(H,30,32,35). The predicted molar refractivity (Wildman–Crippen MR) is 131 cm³/mol. The third kappa shape index (κ3) is 8.57. The first kappa shape index (κ1) is 28.2. The molecular formula is C22H20F5N7O3S2. The van der Waals surface area contributed by atoms with Crippen LogP contribution in [0.5, 0.6) is 5.75 Å². The van der Waals surface area contributed by atoms with Gasteiger partial charge < -0.3 is 15.4 Å². The van der Waals surface area contributed by atoms with Gasteiger partial charge >= 0.3 is 6.36 Å². The number of aromatic amines is 1. The van der Waals surface area contributed by atoms with Crippen molar-refractivity contribution in [1.82, 2.24) is 30.3 Å². The molecule has 0 spiro atoms. The Labute approximate surface area is 225 Å². The lowest BCUT2D eigenvalue weighted by molar-refractivity contribution is -0.274. The lowest BCUT2D eigenvalue weighted by atomic mass is 10.2. The van der Waals surface area contributed by atoms with Gasteiger partial charge in [0, 0.05) is 30.1 Å². The van der Waals surface area contributed by atoms with E-state index in [0.717, 1.165) is 29.5 Å². The third-order valence-electron chi connectivity index (χ3n) is 5.06. The summed E-state index contributed by atoms with van der Waals surface area (Å²) in [6, 6.07) is 2.46. The van der Waals surface area contributed by atoms with Crippen molar-refractivity contribution < 1.29 is 36.3 Å². The molecule has 4 rings (SSSR count). The van der Waals surface area contributed by atoms with Crippen LogP contribution in [0.2, 0.25) is 0 Å². The van der Waals surface area contributed by atoms with Gasteiger partial charge in [-0.15, -0.1) is 34.7 Å². The average molecular weight is 590 g/mol. The Morgan fingerprint density at radius 1 is 1.21 bits per heavy atom. The van der Waals surface area contributed by atoms with Gasteiger partial charge in [0.2, 0.25) is 11.0 Å². The summed E-state index contributed by atoms with van der Waals surface area (Å²) in [5, 5.41) is 18.8.